The average Bonchev–Trinajstić information content (AvgIpc) is 3.72. The lowest BCUT2D eigenvalue weighted by Gasteiger charge is -2.31. The Hall–Kier alpha value is -7.43. The Kier molecular flexibility index (Phi) is 16.0. The molecule has 2 aromatic heterocycles. The van der Waals surface area contributed by atoms with Crippen LogP contribution in [0.15, 0.2) is 47.3 Å². The number of carbonyl (C=O) groups excluding carboxylic acids is 8. The number of ether oxygens (including phenoxy) is 3. The third-order valence-electron chi connectivity index (χ3n) is 12.7. The fourth-order valence-corrected chi connectivity index (χ4v) is 8.75. The summed E-state index contributed by atoms with van der Waals surface area (Å²) >= 11 is 0. The highest BCUT2D eigenvalue weighted by Gasteiger charge is 2.46. The van der Waals surface area contributed by atoms with Crippen molar-refractivity contribution in [2.45, 2.75) is 84.2 Å². The highest BCUT2D eigenvalue weighted by Crippen LogP contribution is 2.46. The Morgan fingerprint density at radius 3 is 2.30 bits per heavy atom. The lowest BCUT2D eigenvalue weighted by atomic mass is 9.81. The fourth-order valence-electron chi connectivity index (χ4n) is 8.75. The summed E-state index contributed by atoms with van der Waals surface area (Å²) in [5, 5.41) is 27.1. The minimum absolute atomic E-state index is 0.0344. The van der Waals surface area contributed by atoms with Gasteiger partial charge in [-0.3, -0.25) is 38.4 Å². The molecular formula is C49H55FN8O13. The number of cyclic esters (lactones) is 1. The Morgan fingerprint density at radius 2 is 1.56 bits per heavy atom. The van der Waals surface area contributed by atoms with Crippen LogP contribution in [0.25, 0.3) is 22.3 Å². The third-order valence-corrected chi connectivity index (χ3v) is 12.7. The van der Waals surface area contributed by atoms with Gasteiger partial charge in [0.2, 0.25) is 35.4 Å². The van der Waals surface area contributed by atoms with Gasteiger partial charge in [-0.2, -0.15) is 0 Å². The fraction of sp³-hybridized carbons (Fsp3) is 0.429. The monoisotopic (exact) mass is 982 g/mol. The standard InChI is InChI=1S/C49H55FN8O13/c1-5-49(68)31-14-36-45-29(19-58(36)47(66)30(31)20-71-48(49)67)44-33(12-11-28-26(4)32(50)15-34(57-45)43(28)44)55-42(64)23-70-24-54-39(61)17-53-46(65)35(13-27-9-7-6-8-10-27)56-40(62)18-51-38(60)16-52-41(63)22-69-21-37(59)25(2)3/h6-10,14-15,25,33,35,68H,5,11-13,16-24H2,1-4H3,(H,51,60)(H,52,63)(H,53,65)(H,54,61)(H,55,64)(H,56,62)/t33-,35-,49-/m0/s1. The van der Waals surface area contributed by atoms with Gasteiger partial charge in [-0.1, -0.05) is 51.1 Å². The number of nitrogens with one attached hydrogen (secondary N) is 6. The van der Waals surface area contributed by atoms with E-state index in [0.717, 1.165) is 5.56 Å². The number of fused-ring (bicyclic) bond motifs is 5. The number of carbonyl (C=O) groups is 8. The van der Waals surface area contributed by atoms with Crippen LogP contribution in [0.5, 0.6) is 0 Å². The smallest absolute Gasteiger partial charge is 0.343 e. The van der Waals surface area contributed by atoms with Gasteiger partial charge in [-0.25, -0.2) is 14.2 Å². The summed E-state index contributed by atoms with van der Waals surface area (Å²) in [6.45, 7) is 3.26. The molecule has 0 bridgehead atoms. The van der Waals surface area contributed by atoms with E-state index in [0.29, 0.717) is 57.4 Å². The summed E-state index contributed by atoms with van der Waals surface area (Å²) in [4.78, 5) is 120. The van der Waals surface area contributed by atoms with E-state index in [1.807, 2.05) is 0 Å². The number of esters is 1. The van der Waals surface area contributed by atoms with Crippen molar-refractivity contribution in [2.75, 3.05) is 46.2 Å². The van der Waals surface area contributed by atoms with Crippen LogP contribution in [0.3, 0.4) is 0 Å². The lowest BCUT2D eigenvalue weighted by Crippen LogP contribution is -2.52. The quantitative estimate of drug-likeness (QED) is 0.0291. The normalized spacial score (nSPS) is 16.7. The van der Waals surface area contributed by atoms with Crippen LogP contribution in [0.2, 0.25) is 0 Å². The zero-order valence-corrected chi connectivity index (χ0v) is 39.6. The van der Waals surface area contributed by atoms with E-state index >= 15 is 4.39 Å². The van der Waals surface area contributed by atoms with Crippen molar-refractivity contribution in [3.63, 3.8) is 0 Å². The summed E-state index contributed by atoms with van der Waals surface area (Å²) in [5.74, 6) is -5.79. The van der Waals surface area contributed by atoms with E-state index in [2.05, 4.69) is 31.9 Å². The zero-order chi connectivity index (χ0) is 51.1. The summed E-state index contributed by atoms with van der Waals surface area (Å²) in [7, 11) is 0. The van der Waals surface area contributed by atoms with Crippen molar-refractivity contribution in [3.05, 3.63) is 97.6 Å². The Labute approximate surface area is 405 Å². The molecule has 71 heavy (non-hydrogen) atoms. The van der Waals surface area contributed by atoms with Gasteiger partial charge < -0.3 is 55.8 Å². The van der Waals surface area contributed by atoms with Crippen LogP contribution in [0.4, 0.5) is 4.39 Å². The first-order chi connectivity index (χ1) is 33.9. The number of amides is 6. The molecule has 3 aliphatic rings. The Bertz CT molecular complexity index is 2870. The number of benzene rings is 2. The number of Topliss-reactive ketones (excluding diaryl/α,β-unsaturated/α-hetero) is 1. The number of aryl methyl sites for hydroxylation is 1. The molecule has 22 heteroatoms. The van der Waals surface area contributed by atoms with Gasteiger partial charge in [0.1, 0.15) is 45.0 Å². The molecule has 0 radical (unpaired) electrons. The Balaban J connectivity index is 0.919. The van der Waals surface area contributed by atoms with Crippen molar-refractivity contribution in [1.29, 1.82) is 0 Å². The molecule has 4 aromatic rings. The van der Waals surface area contributed by atoms with E-state index in [9.17, 15) is 48.3 Å². The molecule has 2 aromatic carbocycles. The molecule has 7 N–H and O–H groups in total. The van der Waals surface area contributed by atoms with Crippen molar-refractivity contribution in [1.82, 2.24) is 41.5 Å². The SMILES string of the molecule is CC[C@@]1(O)C(=O)OCc2c1cc1n(c2=O)Cc2c-1nc1cc(F)c(C)c3c1c2[C@@H](NC(=O)COCNC(=O)CNC(=O)[C@H](Cc1ccccc1)NC(=O)CNC(=O)CNC(=O)COCC(=O)C(C)C)CC3. The number of halogens is 1. The van der Waals surface area contributed by atoms with Crippen molar-refractivity contribution in [2.24, 2.45) is 5.92 Å². The highest BCUT2D eigenvalue weighted by atomic mass is 19.1. The highest BCUT2D eigenvalue weighted by molar-refractivity contribution is 5.95. The molecule has 2 aliphatic heterocycles. The molecule has 21 nitrogen and oxygen atoms in total. The van der Waals surface area contributed by atoms with E-state index in [4.69, 9.17) is 19.2 Å². The molecule has 376 valence electrons. The molecule has 0 saturated heterocycles. The molecule has 0 saturated carbocycles. The van der Waals surface area contributed by atoms with Gasteiger partial charge in [0.05, 0.1) is 54.7 Å². The van der Waals surface area contributed by atoms with Crippen LogP contribution in [-0.2, 0) is 84.2 Å². The van der Waals surface area contributed by atoms with Crippen molar-refractivity contribution >= 4 is 58.1 Å². The van der Waals surface area contributed by atoms with Crippen LogP contribution < -0.4 is 37.5 Å². The summed E-state index contributed by atoms with van der Waals surface area (Å²) in [6.07, 6.45) is 0.755. The number of aliphatic hydroxyl groups is 1. The maximum absolute atomic E-state index is 15.3. The molecule has 4 heterocycles. The first-order valence-corrected chi connectivity index (χ1v) is 23.1. The van der Waals surface area contributed by atoms with E-state index in [1.54, 1.807) is 64.1 Å². The maximum Gasteiger partial charge on any atom is 0.343 e. The molecule has 7 rings (SSSR count). The van der Waals surface area contributed by atoms with E-state index in [1.165, 1.54) is 10.6 Å². The predicted molar refractivity (Wildman–Crippen MR) is 249 cm³/mol. The van der Waals surface area contributed by atoms with E-state index in [-0.39, 0.29) is 55.4 Å². The maximum atomic E-state index is 15.3. The number of rotatable bonds is 21. The summed E-state index contributed by atoms with van der Waals surface area (Å²) < 4.78 is 32.5. The topological polar surface area (TPSA) is 292 Å². The third kappa shape index (κ3) is 11.5. The number of pyridine rings is 2. The molecule has 3 atom stereocenters. The lowest BCUT2D eigenvalue weighted by molar-refractivity contribution is -0.172. The summed E-state index contributed by atoms with van der Waals surface area (Å²) in [5.41, 5.74) is 1.85. The molecule has 0 unspecified atom stereocenters. The number of ketones is 1. The van der Waals surface area contributed by atoms with Crippen LogP contribution in [-0.4, -0.2) is 114 Å². The van der Waals surface area contributed by atoms with Gasteiger partial charge in [0, 0.05) is 34.9 Å². The molecule has 1 aliphatic carbocycles. The van der Waals surface area contributed by atoms with Gasteiger partial charge in [-0.15, -0.1) is 0 Å². The minimum Gasteiger partial charge on any atom is -0.458 e. The van der Waals surface area contributed by atoms with Gasteiger partial charge in [0.25, 0.3) is 5.56 Å². The van der Waals surface area contributed by atoms with Crippen LogP contribution in [0, 0.1) is 18.7 Å². The summed E-state index contributed by atoms with van der Waals surface area (Å²) in [6, 6.07) is 9.81. The first-order valence-electron chi connectivity index (χ1n) is 23.1. The van der Waals surface area contributed by atoms with Gasteiger partial charge in [-0.05, 0) is 54.5 Å². The zero-order valence-electron chi connectivity index (χ0n) is 39.6. The van der Waals surface area contributed by atoms with Crippen molar-refractivity contribution < 1.29 is 62.1 Å². The van der Waals surface area contributed by atoms with Crippen LogP contribution in [0.1, 0.15) is 78.6 Å². The second-order valence-corrected chi connectivity index (χ2v) is 17.8. The second-order valence-electron chi connectivity index (χ2n) is 17.8. The predicted octanol–water partition coefficient (Wildman–Crippen LogP) is 0.0387. The number of hydrogen-bond acceptors (Lipinski definition) is 14. The number of hydrogen-bond donors (Lipinski definition) is 7. The Morgan fingerprint density at radius 1 is 0.873 bits per heavy atom. The van der Waals surface area contributed by atoms with Crippen LogP contribution >= 0.6 is 0 Å². The average molecular weight is 983 g/mol. The molecule has 0 spiro atoms. The first kappa shape index (κ1) is 51.4. The second kappa shape index (κ2) is 22.1. The largest absolute Gasteiger partial charge is 0.458 e. The minimum atomic E-state index is -2.05. The van der Waals surface area contributed by atoms with Gasteiger partial charge >= 0.3 is 5.97 Å². The van der Waals surface area contributed by atoms with Gasteiger partial charge in [0.15, 0.2) is 11.4 Å². The molecule has 6 amide bonds. The number of aromatic nitrogens is 2. The number of nitrogens with zero attached hydrogens (tertiary/aromatic N) is 2. The van der Waals surface area contributed by atoms with Crippen molar-refractivity contribution in [3.8, 4) is 11.4 Å². The van der Waals surface area contributed by atoms with E-state index < -0.39 is 110 Å². The molecular weight excluding hydrogens is 928 g/mol. The molecule has 0 fully saturated rings.